The number of nitrogens with zero attached hydrogens (tertiary/aromatic N) is 3. The number of amides is 1. The number of anilines is 1. The van der Waals surface area contributed by atoms with Crippen molar-refractivity contribution < 1.29 is 14.3 Å². The third kappa shape index (κ3) is 5.20. The summed E-state index contributed by atoms with van der Waals surface area (Å²) in [5.41, 5.74) is 0.922. The number of pyridine rings is 1. The summed E-state index contributed by atoms with van der Waals surface area (Å²) in [5.74, 6) is 0.495. The van der Waals surface area contributed by atoms with E-state index in [2.05, 4.69) is 10.3 Å². The van der Waals surface area contributed by atoms with Crippen LogP contribution in [-0.2, 0) is 4.79 Å². The van der Waals surface area contributed by atoms with E-state index in [0.29, 0.717) is 29.4 Å². The maximum absolute atomic E-state index is 13.3. The molecule has 8 nitrogen and oxygen atoms in total. The zero-order valence-corrected chi connectivity index (χ0v) is 19.2. The van der Waals surface area contributed by atoms with Crippen molar-refractivity contribution in [3.05, 3.63) is 100.0 Å². The van der Waals surface area contributed by atoms with Gasteiger partial charge in [-0.25, -0.2) is 0 Å². The van der Waals surface area contributed by atoms with Crippen LogP contribution in [0.25, 0.3) is 11.7 Å². The highest BCUT2D eigenvalue weighted by atomic mass is 16.5. The van der Waals surface area contributed by atoms with Crippen molar-refractivity contribution in [2.45, 2.75) is 13.8 Å². The zero-order chi connectivity index (χ0) is 24.8. The number of para-hydroxylation sites is 1. The summed E-state index contributed by atoms with van der Waals surface area (Å²) in [7, 11) is 0. The molecule has 0 bridgehead atoms. The summed E-state index contributed by atoms with van der Waals surface area (Å²) in [4.78, 5) is 30.6. The lowest BCUT2D eigenvalue weighted by molar-refractivity contribution is -0.112. The quantitative estimate of drug-likeness (QED) is 0.312. The summed E-state index contributed by atoms with van der Waals surface area (Å²) in [6.45, 7) is 4.26. The molecule has 174 valence electrons. The number of carbonyl (C=O) groups excluding carboxylic acids is 1. The van der Waals surface area contributed by atoms with E-state index in [1.807, 2.05) is 32.0 Å². The van der Waals surface area contributed by atoms with Gasteiger partial charge in [0, 0.05) is 11.9 Å². The molecule has 0 saturated heterocycles. The van der Waals surface area contributed by atoms with Crippen LogP contribution >= 0.6 is 0 Å². The van der Waals surface area contributed by atoms with Crippen LogP contribution in [0.2, 0.25) is 0 Å². The van der Waals surface area contributed by atoms with Gasteiger partial charge in [-0.3, -0.25) is 14.0 Å². The zero-order valence-electron chi connectivity index (χ0n) is 19.2. The van der Waals surface area contributed by atoms with E-state index in [1.165, 1.54) is 10.5 Å². The highest BCUT2D eigenvalue weighted by Crippen LogP contribution is 2.26. The number of nitriles is 1. The van der Waals surface area contributed by atoms with E-state index < -0.39 is 11.5 Å². The molecule has 0 radical (unpaired) electrons. The highest BCUT2D eigenvalue weighted by Gasteiger charge is 2.18. The molecule has 0 spiro atoms. The van der Waals surface area contributed by atoms with E-state index in [1.54, 1.807) is 60.8 Å². The summed E-state index contributed by atoms with van der Waals surface area (Å²) < 4.78 is 12.7. The molecule has 0 atom stereocenters. The molecule has 2 heterocycles. The Balaban J connectivity index is 1.74. The molecule has 0 fully saturated rings. The summed E-state index contributed by atoms with van der Waals surface area (Å²) in [5, 5.41) is 12.4. The van der Waals surface area contributed by atoms with Crippen molar-refractivity contribution >= 4 is 23.3 Å². The van der Waals surface area contributed by atoms with E-state index in [9.17, 15) is 14.9 Å². The van der Waals surface area contributed by atoms with Gasteiger partial charge in [0.1, 0.15) is 34.4 Å². The van der Waals surface area contributed by atoms with Crippen LogP contribution in [0.4, 0.5) is 5.69 Å². The SMILES string of the molecule is CCOc1ccc(NC(=O)C(C#N)=Cc2c(Oc3ccccc3C)nc3ccccn3c2=O)cc1. The molecule has 0 saturated carbocycles. The van der Waals surface area contributed by atoms with Crippen molar-refractivity contribution in [3.8, 4) is 23.4 Å². The first kappa shape index (κ1) is 23.3. The first-order valence-corrected chi connectivity index (χ1v) is 10.9. The Hall–Kier alpha value is -4.90. The minimum absolute atomic E-state index is 0.00267. The molecule has 1 amide bonds. The average Bonchev–Trinajstić information content (AvgIpc) is 2.86. The number of fused-ring (bicyclic) bond motifs is 1. The van der Waals surface area contributed by atoms with E-state index in [4.69, 9.17) is 9.47 Å². The largest absolute Gasteiger partial charge is 0.494 e. The lowest BCUT2D eigenvalue weighted by Gasteiger charge is -2.12. The van der Waals surface area contributed by atoms with E-state index in [0.717, 1.165) is 5.56 Å². The Labute approximate surface area is 201 Å². The monoisotopic (exact) mass is 466 g/mol. The molecule has 1 N–H and O–H groups in total. The van der Waals surface area contributed by atoms with Crippen LogP contribution in [-0.4, -0.2) is 21.9 Å². The van der Waals surface area contributed by atoms with Crippen LogP contribution < -0.4 is 20.3 Å². The Bertz CT molecular complexity index is 1520. The molecule has 4 aromatic rings. The number of aromatic nitrogens is 2. The lowest BCUT2D eigenvalue weighted by atomic mass is 10.1. The number of hydrogen-bond donors (Lipinski definition) is 1. The molecule has 4 rings (SSSR count). The number of carbonyl (C=O) groups is 1. The Kier molecular flexibility index (Phi) is 6.88. The minimum atomic E-state index is -0.670. The molecule has 0 unspecified atom stereocenters. The van der Waals surface area contributed by atoms with Gasteiger partial charge >= 0.3 is 0 Å². The van der Waals surface area contributed by atoms with Crippen molar-refractivity contribution in [1.82, 2.24) is 9.38 Å². The normalized spacial score (nSPS) is 11.1. The van der Waals surface area contributed by atoms with E-state index >= 15 is 0 Å². The van der Waals surface area contributed by atoms with Crippen LogP contribution in [0, 0.1) is 18.3 Å². The van der Waals surface area contributed by atoms with Gasteiger partial charge < -0.3 is 14.8 Å². The first-order chi connectivity index (χ1) is 17.0. The van der Waals surface area contributed by atoms with Crippen LogP contribution in [0.1, 0.15) is 18.1 Å². The Morgan fingerprint density at radius 3 is 2.57 bits per heavy atom. The fourth-order valence-electron chi connectivity index (χ4n) is 3.35. The molecule has 0 aliphatic carbocycles. The van der Waals surface area contributed by atoms with Gasteiger partial charge in [0.2, 0.25) is 5.88 Å². The van der Waals surface area contributed by atoms with Gasteiger partial charge in [-0.1, -0.05) is 24.3 Å². The number of benzene rings is 2. The molecule has 2 aromatic heterocycles. The van der Waals surface area contributed by atoms with Crippen LogP contribution in [0.15, 0.2) is 83.3 Å². The summed E-state index contributed by atoms with van der Waals surface area (Å²) in [6.07, 6.45) is 2.76. The van der Waals surface area contributed by atoms with Crippen molar-refractivity contribution in [1.29, 1.82) is 5.26 Å². The topological polar surface area (TPSA) is 106 Å². The van der Waals surface area contributed by atoms with Crippen molar-refractivity contribution in [2.75, 3.05) is 11.9 Å². The molecular weight excluding hydrogens is 444 g/mol. The summed E-state index contributed by atoms with van der Waals surface area (Å²) in [6, 6.07) is 21.0. The predicted molar refractivity (Wildman–Crippen MR) is 133 cm³/mol. The lowest BCUT2D eigenvalue weighted by Crippen LogP contribution is -2.20. The van der Waals surface area contributed by atoms with E-state index in [-0.39, 0.29) is 17.0 Å². The van der Waals surface area contributed by atoms with Gasteiger partial charge in [-0.15, -0.1) is 0 Å². The van der Waals surface area contributed by atoms with Crippen molar-refractivity contribution in [2.24, 2.45) is 0 Å². The molecule has 0 aliphatic rings. The highest BCUT2D eigenvalue weighted by molar-refractivity contribution is 6.09. The second-order valence-corrected chi connectivity index (χ2v) is 7.51. The standard InChI is InChI=1S/C27H22N4O4/c1-3-34-21-13-11-20(12-14-21)29-25(32)19(17-28)16-22-26(35-23-9-5-4-8-18(23)2)30-24-10-6-7-15-31(24)27(22)33/h4-16H,3H2,1-2H3,(H,29,32). The minimum Gasteiger partial charge on any atom is -0.494 e. The fourth-order valence-corrected chi connectivity index (χ4v) is 3.35. The van der Waals surface area contributed by atoms with Gasteiger partial charge in [-0.05, 0) is 68.0 Å². The van der Waals surface area contributed by atoms with Gasteiger partial charge in [0.05, 0.1) is 6.61 Å². The number of nitrogens with one attached hydrogen (secondary N) is 1. The molecule has 35 heavy (non-hydrogen) atoms. The smallest absolute Gasteiger partial charge is 0.269 e. The Morgan fingerprint density at radius 2 is 1.86 bits per heavy atom. The predicted octanol–water partition coefficient (Wildman–Crippen LogP) is 4.74. The number of hydrogen-bond acceptors (Lipinski definition) is 6. The van der Waals surface area contributed by atoms with Gasteiger partial charge in [0.25, 0.3) is 11.5 Å². The van der Waals surface area contributed by atoms with Crippen LogP contribution in [0.5, 0.6) is 17.4 Å². The fraction of sp³-hybridized carbons (Fsp3) is 0.111. The van der Waals surface area contributed by atoms with Gasteiger partial charge in [0.15, 0.2) is 0 Å². The second kappa shape index (κ2) is 10.4. The number of aryl methyl sites for hydroxylation is 1. The first-order valence-electron chi connectivity index (χ1n) is 10.9. The number of rotatable bonds is 7. The van der Waals surface area contributed by atoms with Crippen LogP contribution in [0.3, 0.4) is 0 Å². The Morgan fingerprint density at radius 1 is 1.11 bits per heavy atom. The maximum Gasteiger partial charge on any atom is 0.269 e. The second-order valence-electron chi connectivity index (χ2n) is 7.51. The molecule has 0 aliphatic heterocycles. The molecule has 2 aromatic carbocycles. The third-order valence-corrected chi connectivity index (χ3v) is 5.11. The van der Waals surface area contributed by atoms with Gasteiger partial charge in [-0.2, -0.15) is 10.2 Å². The molecule has 8 heteroatoms. The van der Waals surface area contributed by atoms with Crippen molar-refractivity contribution in [3.63, 3.8) is 0 Å². The molecular formula is C27H22N4O4. The average molecular weight is 466 g/mol. The third-order valence-electron chi connectivity index (χ3n) is 5.11. The number of ether oxygens (including phenoxy) is 2. The maximum atomic E-state index is 13.3. The summed E-state index contributed by atoms with van der Waals surface area (Å²) >= 11 is 0.